The van der Waals surface area contributed by atoms with Crippen molar-refractivity contribution >= 4 is 0 Å². The van der Waals surface area contributed by atoms with Crippen LogP contribution in [0.2, 0.25) is 0 Å². The van der Waals surface area contributed by atoms with Crippen molar-refractivity contribution in [2.45, 2.75) is 0 Å². The lowest BCUT2D eigenvalue weighted by Gasteiger charge is -2.12. The van der Waals surface area contributed by atoms with Crippen LogP contribution in [0.5, 0.6) is 5.75 Å². The van der Waals surface area contributed by atoms with Crippen LogP contribution in [-0.2, 0) is 0 Å². The molecule has 3 N–H and O–H groups in total. The summed E-state index contributed by atoms with van der Waals surface area (Å²) in [5.41, 5.74) is 11.7. The first-order chi connectivity index (χ1) is 20.3. The Morgan fingerprint density at radius 3 is 1.05 bits per heavy atom. The molecule has 2 aromatic heterocycles. The number of rotatable bonds is 6. The minimum absolute atomic E-state index is 0.249. The van der Waals surface area contributed by atoms with Crippen LogP contribution in [0.1, 0.15) is 0 Å². The van der Waals surface area contributed by atoms with E-state index in [0.29, 0.717) is 0 Å². The largest absolute Gasteiger partial charge is 0.507 e. The second-order valence-electron chi connectivity index (χ2n) is 10.1. The highest BCUT2D eigenvalue weighted by Crippen LogP contribution is 2.46. The Bertz CT molecular complexity index is 1780. The van der Waals surface area contributed by atoms with Gasteiger partial charge in [-0.2, -0.15) is 0 Å². The molecule has 41 heavy (non-hydrogen) atoms. The molecule has 196 valence electrons. The Hall–Kier alpha value is -5.54. The molecule has 7 rings (SSSR count). The minimum Gasteiger partial charge on any atom is -0.507 e. The first kappa shape index (κ1) is 24.5. The fraction of sp³-hybridized carbons (Fsp3) is 0. The molecule has 0 radical (unpaired) electrons. The summed E-state index contributed by atoms with van der Waals surface area (Å²) >= 11 is 0. The Morgan fingerprint density at radius 1 is 0.341 bits per heavy atom. The number of benzene rings is 5. The van der Waals surface area contributed by atoms with Crippen LogP contribution in [0.3, 0.4) is 0 Å². The molecule has 0 amide bonds. The number of aromatic nitrogens is 2. The molecule has 0 unspecified atom stereocenters. The maximum atomic E-state index is 12.0. The van der Waals surface area contributed by atoms with Crippen LogP contribution in [-0.4, -0.2) is 15.1 Å². The standard InChI is InChI=1S/C38H28N2O/c41-38-30(32-24-34(26-14-5-1-6-15-26)39-36(32)28-18-9-3-10-19-28)22-13-23-31(38)33-25-35(27-16-7-2-8-17-27)40-37(33)29-20-11-4-12-21-29/h1-25,39-41H. The first-order valence-electron chi connectivity index (χ1n) is 13.8. The monoisotopic (exact) mass is 528 g/mol. The highest BCUT2D eigenvalue weighted by molar-refractivity contribution is 5.95. The van der Waals surface area contributed by atoms with Gasteiger partial charge in [-0.15, -0.1) is 0 Å². The third-order valence-corrected chi connectivity index (χ3v) is 7.55. The van der Waals surface area contributed by atoms with E-state index in [1.54, 1.807) is 0 Å². The lowest BCUT2D eigenvalue weighted by molar-refractivity contribution is 0.479. The third-order valence-electron chi connectivity index (χ3n) is 7.55. The summed E-state index contributed by atoms with van der Waals surface area (Å²) in [5.74, 6) is 0.249. The Balaban J connectivity index is 1.43. The van der Waals surface area contributed by atoms with Crippen molar-refractivity contribution in [3.63, 3.8) is 0 Å². The van der Waals surface area contributed by atoms with Gasteiger partial charge in [-0.1, -0.05) is 140 Å². The molecule has 0 atom stereocenters. The molecule has 0 saturated carbocycles. The molecule has 7 aromatic rings. The van der Waals surface area contributed by atoms with Gasteiger partial charge >= 0.3 is 0 Å². The van der Waals surface area contributed by atoms with Crippen molar-refractivity contribution < 1.29 is 5.11 Å². The average molecular weight is 529 g/mol. The number of nitrogens with one attached hydrogen (secondary N) is 2. The number of aromatic hydroxyl groups is 1. The normalized spacial score (nSPS) is 11.0. The zero-order valence-electron chi connectivity index (χ0n) is 22.4. The topological polar surface area (TPSA) is 51.8 Å². The molecule has 3 nitrogen and oxygen atoms in total. The van der Waals surface area contributed by atoms with Gasteiger partial charge in [0.25, 0.3) is 0 Å². The number of hydrogen-bond donors (Lipinski definition) is 3. The van der Waals surface area contributed by atoms with E-state index in [0.717, 1.165) is 67.3 Å². The highest BCUT2D eigenvalue weighted by atomic mass is 16.3. The average Bonchev–Trinajstić information content (AvgIpc) is 3.69. The molecular weight excluding hydrogens is 500 g/mol. The molecule has 0 aliphatic heterocycles. The van der Waals surface area contributed by atoms with E-state index in [1.807, 2.05) is 91.0 Å². The smallest absolute Gasteiger partial charge is 0.131 e. The Labute approximate surface area is 239 Å². The van der Waals surface area contributed by atoms with Gasteiger partial charge in [-0.25, -0.2) is 0 Å². The number of hydrogen-bond acceptors (Lipinski definition) is 1. The first-order valence-corrected chi connectivity index (χ1v) is 13.8. The molecule has 0 fully saturated rings. The molecule has 0 aliphatic rings. The highest BCUT2D eigenvalue weighted by Gasteiger charge is 2.21. The second kappa shape index (κ2) is 10.6. The van der Waals surface area contributed by atoms with Crippen molar-refractivity contribution in [1.29, 1.82) is 0 Å². The van der Waals surface area contributed by atoms with Crippen molar-refractivity contribution in [3.05, 3.63) is 152 Å². The van der Waals surface area contributed by atoms with E-state index in [1.165, 1.54) is 0 Å². The number of phenols is 1. The number of para-hydroxylation sites is 1. The van der Waals surface area contributed by atoms with Crippen molar-refractivity contribution in [2.24, 2.45) is 0 Å². The van der Waals surface area contributed by atoms with Gasteiger partial charge in [-0.05, 0) is 34.4 Å². The molecule has 0 bridgehead atoms. The summed E-state index contributed by atoms with van der Waals surface area (Å²) in [4.78, 5) is 7.29. The van der Waals surface area contributed by atoms with Crippen LogP contribution >= 0.6 is 0 Å². The summed E-state index contributed by atoms with van der Waals surface area (Å²) < 4.78 is 0. The number of H-pyrrole nitrogens is 2. The third kappa shape index (κ3) is 4.64. The molecule has 0 aliphatic carbocycles. The van der Waals surface area contributed by atoms with Gasteiger partial charge in [0.15, 0.2) is 0 Å². The lowest BCUT2D eigenvalue weighted by Crippen LogP contribution is -1.87. The summed E-state index contributed by atoms with van der Waals surface area (Å²) in [6.07, 6.45) is 0. The van der Waals surface area contributed by atoms with Crippen LogP contribution < -0.4 is 0 Å². The summed E-state index contributed by atoms with van der Waals surface area (Å²) in [6, 6.07) is 51.4. The van der Waals surface area contributed by atoms with Crippen LogP contribution in [0.15, 0.2) is 152 Å². The maximum Gasteiger partial charge on any atom is 0.131 e. The molecular formula is C38H28N2O. The minimum atomic E-state index is 0.249. The zero-order chi connectivity index (χ0) is 27.6. The SMILES string of the molecule is Oc1c(-c2cc(-c3ccccc3)[nH]c2-c2ccccc2)cccc1-c1cc(-c2ccccc2)[nH]c1-c1ccccc1. The fourth-order valence-electron chi connectivity index (χ4n) is 5.52. The predicted octanol–water partition coefficient (Wildman–Crippen LogP) is 10.1. The fourth-order valence-corrected chi connectivity index (χ4v) is 5.52. The van der Waals surface area contributed by atoms with Gasteiger partial charge in [0.05, 0.1) is 11.4 Å². The Kier molecular flexibility index (Phi) is 6.31. The van der Waals surface area contributed by atoms with Gasteiger partial charge in [0.2, 0.25) is 0 Å². The van der Waals surface area contributed by atoms with E-state index in [9.17, 15) is 5.11 Å². The van der Waals surface area contributed by atoms with Crippen molar-refractivity contribution in [3.8, 4) is 73.0 Å². The van der Waals surface area contributed by atoms with Gasteiger partial charge in [0.1, 0.15) is 5.75 Å². The zero-order valence-corrected chi connectivity index (χ0v) is 22.4. The Morgan fingerprint density at radius 2 is 0.683 bits per heavy atom. The second-order valence-corrected chi connectivity index (χ2v) is 10.1. The van der Waals surface area contributed by atoms with E-state index < -0.39 is 0 Å². The van der Waals surface area contributed by atoms with Gasteiger partial charge in [-0.3, -0.25) is 0 Å². The molecule has 0 saturated heterocycles. The lowest BCUT2D eigenvalue weighted by atomic mass is 9.94. The molecule has 5 aromatic carbocycles. The number of aromatic amines is 2. The van der Waals surface area contributed by atoms with Crippen LogP contribution in [0.25, 0.3) is 67.3 Å². The molecule has 0 spiro atoms. The molecule has 3 heteroatoms. The van der Waals surface area contributed by atoms with E-state index in [-0.39, 0.29) is 5.75 Å². The van der Waals surface area contributed by atoms with Gasteiger partial charge < -0.3 is 15.1 Å². The summed E-state index contributed by atoms with van der Waals surface area (Å²) in [5, 5.41) is 12.0. The van der Waals surface area contributed by atoms with E-state index in [4.69, 9.17) is 0 Å². The number of phenolic OH excluding ortho intramolecular Hbond substituents is 1. The predicted molar refractivity (Wildman–Crippen MR) is 169 cm³/mol. The van der Waals surface area contributed by atoms with Crippen molar-refractivity contribution in [2.75, 3.05) is 0 Å². The molecule has 2 heterocycles. The van der Waals surface area contributed by atoms with Crippen molar-refractivity contribution in [1.82, 2.24) is 9.97 Å². The quantitative estimate of drug-likeness (QED) is 0.198. The van der Waals surface area contributed by atoms with E-state index in [2.05, 4.69) is 70.6 Å². The maximum absolute atomic E-state index is 12.0. The summed E-state index contributed by atoms with van der Waals surface area (Å²) in [6.45, 7) is 0. The summed E-state index contributed by atoms with van der Waals surface area (Å²) in [7, 11) is 0. The van der Waals surface area contributed by atoms with Crippen LogP contribution in [0.4, 0.5) is 0 Å². The van der Waals surface area contributed by atoms with E-state index >= 15 is 0 Å². The van der Waals surface area contributed by atoms with Gasteiger partial charge in [0, 0.05) is 33.6 Å². The van der Waals surface area contributed by atoms with Crippen LogP contribution in [0, 0.1) is 0 Å².